The fourth-order valence-corrected chi connectivity index (χ4v) is 3.45. The minimum atomic E-state index is -0.182. The summed E-state index contributed by atoms with van der Waals surface area (Å²) in [5, 5.41) is 8.91. The van der Waals surface area contributed by atoms with Crippen molar-refractivity contribution < 1.29 is 9.59 Å². The molecule has 0 bridgehead atoms. The third-order valence-corrected chi connectivity index (χ3v) is 4.86. The van der Waals surface area contributed by atoms with Gasteiger partial charge in [0.25, 0.3) is 5.91 Å². The van der Waals surface area contributed by atoms with Crippen LogP contribution in [0.1, 0.15) is 12.0 Å². The number of thioether (sulfide) groups is 1. The maximum absolute atomic E-state index is 12.0. The van der Waals surface area contributed by atoms with Crippen LogP contribution in [0.5, 0.6) is 0 Å². The molecule has 2 amide bonds. The Morgan fingerprint density at radius 2 is 1.88 bits per heavy atom. The topological polar surface area (TPSA) is 61.8 Å². The Morgan fingerprint density at radius 1 is 1.16 bits per heavy atom. The first-order valence-corrected chi connectivity index (χ1v) is 9.23. The van der Waals surface area contributed by atoms with E-state index in [4.69, 9.17) is 11.6 Å². The Balaban J connectivity index is 1.51. The van der Waals surface area contributed by atoms with E-state index in [1.807, 2.05) is 42.5 Å². The fraction of sp³-hybridized carbons (Fsp3) is 0.167. The minimum Gasteiger partial charge on any atom is -0.312 e. The zero-order valence-electron chi connectivity index (χ0n) is 13.3. The number of nitrogens with one attached hydrogen (secondary N) is 1. The van der Waals surface area contributed by atoms with Crippen molar-refractivity contribution >= 4 is 46.7 Å². The molecule has 3 rings (SSSR count). The van der Waals surface area contributed by atoms with Gasteiger partial charge < -0.3 is 5.32 Å². The van der Waals surface area contributed by atoms with E-state index in [-0.39, 0.29) is 24.0 Å². The van der Waals surface area contributed by atoms with Crippen molar-refractivity contribution in [3.8, 4) is 0 Å². The number of hydrazone groups is 1. The first-order chi connectivity index (χ1) is 12.1. The third-order valence-electron chi connectivity index (χ3n) is 3.51. The second-order valence-corrected chi connectivity index (χ2v) is 6.79. The van der Waals surface area contributed by atoms with Gasteiger partial charge in [-0.15, -0.1) is 11.8 Å². The number of amidine groups is 1. The van der Waals surface area contributed by atoms with Crippen molar-refractivity contribution in [1.82, 2.24) is 5.32 Å². The number of amides is 2. The molecule has 0 aromatic heterocycles. The lowest BCUT2D eigenvalue weighted by molar-refractivity contribution is -0.117. The standard InChI is InChI=1S/C18H16ClN3O2S/c19-15-9-5-4-6-13(15)11-25-12-17(23)20-16-10-18(24)22(21-16)14-7-2-1-3-8-14/h1-9H,10-12H2,(H,20,21,23). The summed E-state index contributed by atoms with van der Waals surface area (Å²) >= 11 is 7.55. The maximum Gasteiger partial charge on any atom is 0.255 e. The van der Waals surface area contributed by atoms with Gasteiger partial charge >= 0.3 is 0 Å². The van der Waals surface area contributed by atoms with Gasteiger partial charge in [-0.2, -0.15) is 10.1 Å². The SMILES string of the molecule is O=C(CSCc1ccccc1Cl)NC1=NN(c2ccccc2)C(=O)C1. The zero-order chi connectivity index (χ0) is 17.6. The summed E-state index contributed by atoms with van der Waals surface area (Å²) in [5.74, 6) is 0.944. The Bertz CT molecular complexity index is 811. The Labute approximate surface area is 155 Å². The predicted molar refractivity (Wildman–Crippen MR) is 102 cm³/mol. The average Bonchev–Trinajstić information content (AvgIpc) is 2.97. The van der Waals surface area contributed by atoms with Crippen molar-refractivity contribution in [2.45, 2.75) is 12.2 Å². The van der Waals surface area contributed by atoms with Gasteiger partial charge in [-0.1, -0.05) is 48.0 Å². The van der Waals surface area contributed by atoms with Crippen LogP contribution in [0.25, 0.3) is 0 Å². The van der Waals surface area contributed by atoms with Crippen molar-refractivity contribution in [3.63, 3.8) is 0 Å². The van der Waals surface area contributed by atoms with Crippen LogP contribution in [0.2, 0.25) is 5.02 Å². The number of benzene rings is 2. The Morgan fingerprint density at radius 3 is 2.64 bits per heavy atom. The molecule has 25 heavy (non-hydrogen) atoms. The van der Waals surface area contributed by atoms with Crippen LogP contribution < -0.4 is 10.3 Å². The molecule has 1 heterocycles. The predicted octanol–water partition coefficient (Wildman–Crippen LogP) is 3.44. The van der Waals surface area contributed by atoms with E-state index in [2.05, 4.69) is 10.4 Å². The Kier molecular flexibility index (Phi) is 5.73. The molecule has 128 valence electrons. The van der Waals surface area contributed by atoms with E-state index in [9.17, 15) is 9.59 Å². The second-order valence-electron chi connectivity index (χ2n) is 5.40. The lowest BCUT2D eigenvalue weighted by Gasteiger charge is -2.10. The van der Waals surface area contributed by atoms with Gasteiger partial charge in [0.05, 0.1) is 17.9 Å². The van der Waals surface area contributed by atoms with Crippen LogP contribution in [0.4, 0.5) is 5.69 Å². The molecule has 0 fully saturated rings. The number of hydrogen-bond acceptors (Lipinski definition) is 4. The largest absolute Gasteiger partial charge is 0.312 e. The van der Waals surface area contributed by atoms with Gasteiger partial charge in [0.1, 0.15) is 5.84 Å². The van der Waals surface area contributed by atoms with Gasteiger partial charge in [0.15, 0.2) is 0 Å². The van der Waals surface area contributed by atoms with Crippen molar-refractivity contribution in [1.29, 1.82) is 0 Å². The molecule has 1 N–H and O–H groups in total. The number of para-hydroxylation sites is 1. The van der Waals surface area contributed by atoms with Gasteiger partial charge in [-0.05, 0) is 23.8 Å². The zero-order valence-corrected chi connectivity index (χ0v) is 14.9. The molecule has 0 radical (unpaired) electrons. The summed E-state index contributed by atoms with van der Waals surface area (Å²) in [5.41, 5.74) is 1.68. The summed E-state index contributed by atoms with van der Waals surface area (Å²) in [6.45, 7) is 0. The number of rotatable bonds is 5. The van der Waals surface area contributed by atoms with E-state index in [1.165, 1.54) is 16.8 Å². The molecule has 5 nitrogen and oxygen atoms in total. The highest BCUT2D eigenvalue weighted by Crippen LogP contribution is 2.21. The van der Waals surface area contributed by atoms with Crippen LogP contribution >= 0.6 is 23.4 Å². The number of carbonyl (C=O) groups is 2. The van der Waals surface area contributed by atoms with Crippen molar-refractivity contribution in [3.05, 3.63) is 65.2 Å². The summed E-state index contributed by atoms with van der Waals surface area (Å²) in [6.07, 6.45) is 0.0931. The van der Waals surface area contributed by atoms with E-state index >= 15 is 0 Å². The monoisotopic (exact) mass is 373 g/mol. The van der Waals surface area contributed by atoms with Crippen LogP contribution in [0, 0.1) is 0 Å². The lowest BCUT2D eigenvalue weighted by Crippen LogP contribution is -2.31. The third kappa shape index (κ3) is 4.61. The number of carbonyl (C=O) groups excluding carboxylic acids is 2. The van der Waals surface area contributed by atoms with Crippen LogP contribution in [0.3, 0.4) is 0 Å². The van der Waals surface area contributed by atoms with Crippen molar-refractivity contribution in [2.24, 2.45) is 5.10 Å². The molecule has 0 spiro atoms. The molecule has 2 aromatic carbocycles. The lowest BCUT2D eigenvalue weighted by atomic mass is 10.2. The molecule has 7 heteroatoms. The highest BCUT2D eigenvalue weighted by atomic mass is 35.5. The quantitative estimate of drug-likeness (QED) is 0.873. The van der Waals surface area contributed by atoms with E-state index < -0.39 is 0 Å². The minimum absolute atomic E-state index is 0.0931. The first kappa shape index (κ1) is 17.5. The number of anilines is 1. The fourth-order valence-electron chi connectivity index (χ4n) is 2.34. The smallest absolute Gasteiger partial charge is 0.255 e. The van der Waals surface area contributed by atoms with Crippen LogP contribution in [-0.4, -0.2) is 23.4 Å². The molecular formula is C18H16ClN3O2S. The normalized spacial score (nSPS) is 13.7. The van der Waals surface area contributed by atoms with Gasteiger partial charge in [0.2, 0.25) is 5.91 Å². The van der Waals surface area contributed by atoms with Crippen molar-refractivity contribution in [2.75, 3.05) is 10.8 Å². The highest BCUT2D eigenvalue weighted by molar-refractivity contribution is 7.99. The number of hydrogen-bond donors (Lipinski definition) is 1. The summed E-state index contributed by atoms with van der Waals surface area (Å²) in [4.78, 5) is 24.1. The van der Waals surface area contributed by atoms with E-state index in [1.54, 1.807) is 12.1 Å². The van der Waals surface area contributed by atoms with E-state index in [0.717, 1.165) is 5.56 Å². The maximum atomic E-state index is 12.0. The molecule has 1 aliphatic heterocycles. The summed E-state index contributed by atoms with van der Waals surface area (Å²) < 4.78 is 0. The van der Waals surface area contributed by atoms with Crippen LogP contribution in [-0.2, 0) is 15.3 Å². The number of halogens is 1. The molecular weight excluding hydrogens is 358 g/mol. The van der Waals surface area contributed by atoms with Gasteiger partial charge in [-0.25, -0.2) is 0 Å². The second kappa shape index (κ2) is 8.18. The molecule has 1 aliphatic rings. The Hall–Kier alpha value is -2.31. The molecule has 0 aliphatic carbocycles. The average molecular weight is 374 g/mol. The van der Waals surface area contributed by atoms with E-state index in [0.29, 0.717) is 22.3 Å². The molecule has 0 saturated carbocycles. The molecule has 0 saturated heterocycles. The molecule has 0 atom stereocenters. The van der Waals surface area contributed by atoms with Crippen LogP contribution in [0.15, 0.2) is 59.7 Å². The summed E-state index contributed by atoms with van der Waals surface area (Å²) in [7, 11) is 0. The van der Waals surface area contributed by atoms with Gasteiger partial charge in [-0.3, -0.25) is 9.59 Å². The summed E-state index contributed by atoms with van der Waals surface area (Å²) in [6, 6.07) is 16.7. The highest BCUT2D eigenvalue weighted by Gasteiger charge is 2.26. The molecule has 2 aromatic rings. The van der Waals surface area contributed by atoms with Gasteiger partial charge in [0, 0.05) is 10.8 Å². The first-order valence-electron chi connectivity index (χ1n) is 7.70. The number of nitrogens with zero attached hydrogens (tertiary/aromatic N) is 2. The molecule has 0 unspecified atom stereocenters.